The molecule has 3 unspecified atom stereocenters. The lowest BCUT2D eigenvalue weighted by Gasteiger charge is -2.22. The van der Waals surface area contributed by atoms with Crippen LogP contribution in [0.5, 0.6) is 0 Å². The molecule has 3 heterocycles. The fourth-order valence-corrected chi connectivity index (χ4v) is 9.61. The molecular weight excluding hydrogens is 1120 g/mol. The van der Waals surface area contributed by atoms with Gasteiger partial charge in [0.25, 0.3) is 0 Å². The molecule has 3 atom stereocenters. The van der Waals surface area contributed by atoms with E-state index in [4.69, 9.17) is 45.4 Å². The van der Waals surface area contributed by atoms with Crippen molar-refractivity contribution in [3.8, 4) is 0 Å². The van der Waals surface area contributed by atoms with E-state index in [1.165, 1.54) is 22.1 Å². The lowest BCUT2D eigenvalue weighted by molar-refractivity contribution is 0.0513. The molecule has 9 rings (SSSR count). The smallest absolute Gasteiger partial charge is 0.407 e. The molecule has 436 valence electrons. The normalized spacial score (nSPS) is 11.9. The predicted molar refractivity (Wildman–Crippen MR) is 358 cm³/mol. The molecule has 0 bridgehead atoms. The van der Waals surface area contributed by atoms with Gasteiger partial charge in [0, 0.05) is 97.1 Å². The number of thiocarbonyl (C=S) groups is 3. The molecule has 12 nitrogen and oxygen atoms in total. The number of nitrogens with one attached hydrogen (secondary N) is 2. The van der Waals surface area contributed by atoms with E-state index >= 15 is 0 Å². The predicted octanol–water partition coefficient (Wildman–Crippen LogP) is 15.7. The third-order valence-corrected chi connectivity index (χ3v) is 13.5. The molecule has 0 aliphatic rings. The zero-order valence-corrected chi connectivity index (χ0v) is 51.7. The molecule has 0 radical (unpaired) electrons. The molecule has 0 aliphatic heterocycles. The number of hydrogen-bond donors (Lipinski definition) is 4. The van der Waals surface area contributed by atoms with Crippen molar-refractivity contribution in [2.45, 2.75) is 96.3 Å². The van der Waals surface area contributed by atoms with E-state index in [0.717, 1.165) is 72.7 Å². The van der Waals surface area contributed by atoms with Crippen molar-refractivity contribution in [2.24, 2.45) is 16.5 Å². The zero-order chi connectivity index (χ0) is 59.6. The van der Waals surface area contributed by atoms with E-state index in [9.17, 15) is 9.59 Å². The van der Waals surface area contributed by atoms with Crippen LogP contribution in [0.3, 0.4) is 0 Å². The molecule has 16 heteroatoms. The number of pyridine rings is 3. The van der Waals surface area contributed by atoms with E-state index in [-0.39, 0.29) is 24.4 Å². The Bertz CT molecular complexity index is 3580. The minimum absolute atomic E-state index is 0. The molecule has 3 aromatic heterocycles. The minimum Gasteiger partial charge on any atom is -0.444 e. The number of hydrogen-bond acceptors (Lipinski definition) is 13. The SMILES string of the molecule is CC(C)(C)OC(=O)NCC(CC(=S)Cc1ccc2cnccc2c1)c1ccccc1.CC(C)(C)OC(=O)NCC(N)c1ccccc1.Cl.NCC(CC(=S)Cc1ccc2cnccc2c1)c1ccccc1.S=C=Nc1ccc2cnccc2c1. The van der Waals surface area contributed by atoms with Crippen molar-refractivity contribution in [3.05, 3.63) is 229 Å². The first-order chi connectivity index (χ1) is 39.8. The van der Waals surface area contributed by atoms with Crippen LogP contribution in [0, 0.1) is 0 Å². The topological polar surface area (TPSA) is 180 Å². The molecule has 9 aromatic rings. The van der Waals surface area contributed by atoms with E-state index in [1.807, 2.05) is 157 Å². The van der Waals surface area contributed by atoms with Crippen molar-refractivity contribution >= 4 is 114 Å². The van der Waals surface area contributed by atoms with Gasteiger partial charge in [0.15, 0.2) is 0 Å². The molecule has 0 aliphatic carbocycles. The summed E-state index contributed by atoms with van der Waals surface area (Å²) in [6, 6.07) is 54.6. The van der Waals surface area contributed by atoms with Crippen molar-refractivity contribution < 1.29 is 19.1 Å². The number of carbonyl (C=O) groups is 2. The van der Waals surface area contributed by atoms with Gasteiger partial charge >= 0.3 is 12.2 Å². The zero-order valence-electron chi connectivity index (χ0n) is 48.4. The molecule has 84 heavy (non-hydrogen) atoms. The number of nitrogens with zero attached hydrogens (tertiary/aromatic N) is 4. The van der Waals surface area contributed by atoms with Crippen LogP contribution in [-0.4, -0.2) is 72.9 Å². The number of aliphatic imine (C=N–C) groups is 1. The first kappa shape index (κ1) is 67.1. The molecule has 6 aromatic carbocycles. The number of carbonyl (C=O) groups excluding carboxylic acids is 2. The Kier molecular flexibility index (Phi) is 27.3. The first-order valence-electron chi connectivity index (χ1n) is 27.5. The number of benzene rings is 6. The fourth-order valence-electron chi connectivity index (χ4n) is 8.77. The quantitative estimate of drug-likeness (QED) is 0.0501. The minimum atomic E-state index is -0.521. The number of rotatable bonds is 17. The second-order valence-corrected chi connectivity index (χ2v) is 23.1. The standard InChI is InChI=1S/C25H28N2O2S.C20H20N2S.C13H20N2O2.C10H6N2S.ClH/c1-25(2,3)29-24(28)27-17-22(19-7-5-4-6-8-19)15-23(30)14-18-9-10-21-16-26-12-11-20(21)13-18;21-13-19(16-4-2-1-3-5-16)12-20(23)11-15-6-7-18-14-22-9-8-17(18)10-15;1-13(2,3)17-12(16)15-9-11(14)10-7-5-4-6-8-10;13-7-12-10-2-1-9-6-11-4-3-8(9)5-10;/h4-13,16,22H,14-15,17H2,1-3H3,(H,27,28);1-10,14,19H,11-13,21H2;4-8,11H,9,14H2,1-3H3,(H,15,16);1-6H;1H. The Balaban J connectivity index is 0.000000213. The average Bonchev–Trinajstić information content (AvgIpc) is 3.61. The van der Waals surface area contributed by atoms with E-state index in [0.29, 0.717) is 32.0 Å². The van der Waals surface area contributed by atoms with Crippen LogP contribution in [0.25, 0.3) is 32.3 Å². The first-order valence-corrected chi connectivity index (χ1v) is 28.7. The van der Waals surface area contributed by atoms with Crippen LogP contribution >= 0.6 is 49.1 Å². The van der Waals surface area contributed by atoms with Gasteiger partial charge in [-0.3, -0.25) is 15.0 Å². The van der Waals surface area contributed by atoms with E-state index in [1.54, 1.807) is 12.4 Å². The van der Waals surface area contributed by atoms with Crippen molar-refractivity contribution in [1.82, 2.24) is 25.6 Å². The van der Waals surface area contributed by atoms with Crippen LogP contribution in [-0.2, 0) is 22.3 Å². The number of fused-ring (bicyclic) bond motifs is 3. The second kappa shape index (κ2) is 34.2. The molecule has 2 amide bonds. The highest BCUT2D eigenvalue weighted by molar-refractivity contribution is 7.80. The maximum atomic E-state index is 12.1. The van der Waals surface area contributed by atoms with Gasteiger partial charge < -0.3 is 31.6 Å². The monoisotopic (exact) mass is 1200 g/mol. The number of nitrogens with two attached hydrogens (primary N) is 2. The number of aromatic nitrogens is 3. The van der Waals surface area contributed by atoms with Crippen LogP contribution < -0.4 is 22.1 Å². The van der Waals surface area contributed by atoms with Crippen LogP contribution in [0.4, 0.5) is 15.3 Å². The summed E-state index contributed by atoms with van der Waals surface area (Å²) in [7, 11) is 0. The Morgan fingerprint density at radius 1 is 0.536 bits per heavy atom. The summed E-state index contributed by atoms with van der Waals surface area (Å²) in [6.45, 7) is 12.5. The number of halogens is 1. The maximum absolute atomic E-state index is 12.1. The molecule has 0 fully saturated rings. The Morgan fingerprint density at radius 3 is 1.36 bits per heavy atom. The summed E-state index contributed by atoms with van der Waals surface area (Å²) in [5, 5.41) is 14.8. The van der Waals surface area contributed by atoms with Gasteiger partial charge in [-0.15, -0.1) is 12.4 Å². The number of isothiocyanates is 1. The second-order valence-electron chi connectivity index (χ2n) is 21.8. The van der Waals surface area contributed by atoms with Gasteiger partial charge in [-0.2, -0.15) is 4.99 Å². The van der Waals surface area contributed by atoms with Crippen LogP contribution in [0.2, 0.25) is 0 Å². The summed E-state index contributed by atoms with van der Waals surface area (Å²) >= 11 is 15.9. The fraction of sp³-hybridized carbons (Fsp3) is 0.265. The summed E-state index contributed by atoms with van der Waals surface area (Å²) < 4.78 is 10.5. The molecule has 0 saturated carbocycles. The molecule has 6 N–H and O–H groups in total. The average molecular weight is 1200 g/mol. The third kappa shape index (κ3) is 23.9. The van der Waals surface area contributed by atoms with Gasteiger partial charge in [0.2, 0.25) is 0 Å². The highest BCUT2D eigenvalue weighted by Gasteiger charge is 2.21. The Morgan fingerprint density at radius 2 is 0.929 bits per heavy atom. The molecule has 0 saturated heterocycles. The Labute approximate surface area is 516 Å². The summed E-state index contributed by atoms with van der Waals surface area (Å²) in [5.41, 5.74) is 17.6. The summed E-state index contributed by atoms with van der Waals surface area (Å²) in [6.07, 6.45) is 13.2. The van der Waals surface area contributed by atoms with Gasteiger partial charge in [0.1, 0.15) is 11.2 Å². The number of amides is 2. The summed E-state index contributed by atoms with van der Waals surface area (Å²) in [5.74, 6) is 0.393. The lowest BCUT2D eigenvalue weighted by Crippen LogP contribution is -2.36. The molecule has 0 spiro atoms. The summed E-state index contributed by atoms with van der Waals surface area (Å²) in [4.78, 5) is 41.8. The number of ether oxygens (including phenoxy) is 2. The highest BCUT2D eigenvalue weighted by atomic mass is 35.5. The van der Waals surface area contributed by atoms with E-state index in [2.05, 4.69) is 121 Å². The van der Waals surface area contributed by atoms with Crippen molar-refractivity contribution in [2.75, 3.05) is 19.6 Å². The third-order valence-electron chi connectivity index (χ3n) is 12.8. The lowest BCUT2D eigenvalue weighted by atomic mass is 9.92. The van der Waals surface area contributed by atoms with Crippen LogP contribution in [0.1, 0.15) is 100 Å². The Hall–Kier alpha value is -7.72. The van der Waals surface area contributed by atoms with Crippen LogP contribution in [0.15, 0.2) is 206 Å². The van der Waals surface area contributed by atoms with Gasteiger partial charge in [-0.05, 0) is 157 Å². The molecular formula is C68H75ClN8O4S3. The van der Waals surface area contributed by atoms with Crippen molar-refractivity contribution in [3.63, 3.8) is 0 Å². The van der Waals surface area contributed by atoms with E-state index < -0.39 is 23.4 Å². The van der Waals surface area contributed by atoms with Gasteiger partial charge in [-0.25, -0.2) is 9.59 Å². The van der Waals surface area contributed by atoms with Gasteiger partial charge in [0.05, 0.1) is 10.8 Å². The maximum Gasteiger partial charge on any atom is 0.407 e. The number of alkyl carbamates (subject to hydrolysis) is 2. The largest absolute Gasteiger partial charge is 0.444 e. The van der Waals surface area contributed by atoms with Crippen molar-refractivity contribution in [1.29, 1.82) is 0 Å². The van der Waals surface area contributed by atoms with Gasteiger partial charge in [-0.1, -0.05) is 158 Å². The highest BCUT2D eigenvalue weighted by Crippen LogP contribution is 2.25.